The molecule has 4 aromatic carbocycles. The molecule has 1 heterocycles. The number of aromatic hydroxyl groups is 1. The number of amides is 1. The van der Waals surface area contributed by atoms with E-state index in [0.29, 0.717) is 21.9 Å². The average Bonchev–Trinajstić information content (AvgIpc) is 3.44. The van der Waals surface area contributed by atoms with Gasteiger partial charge in [0.1, 0.15) is 12.4 Å². The van der Waals surface area contributed by atoms with Crippen LogP contribution in [0.15, 0.2) is 91.3 Å². The zero-order valence-electron chi connectivity index (χ0n) is 21.8. The van der Waals surface area contributed by atoms with Crippen LogP contribution in [0.3, 0.4) is 0 Å². The van der Waals surface area contributed by atoms with Crippen LogP contribution in [0.2, 0.25) is 10.0 Å². The van der Waals surface area contributed by atoms with Gasteiger partial charge in [0.05, 0.1) is 15.7 Å². The summed E-state index contributed by atoms with van der Waals surface area (Å²) in [7, 11) is 0. The molecule has 0 saturated heterocycles. The first-order chi connectivity index (χ1) is 20.5. The highest BCUT2D eigenvalue weighted by Crippen LogP contribution is 2.49. The standard InChI is InChI=1S/C30H21Cl2F4N3O4/c31-23-13-18(14-24(32)27(23)33)29(30(34,35)36)15-25(39-43-29)21-9-10-22(20-7-3-2-6-19(20)21)28(41)37-11-12-38-42-16-17-5-1-4-8-26(17)40/h1-15,38-40H,16H2,(H,37,41). The minimum atomic E-state index is -4.99. The normalized spacial score (nSPS) is 16.7. The molecule has 0 aromatic heterocycles. The fraction of sp³-hybridized carbons (Fsp3) is 0.100. The SMILES string of the molecule is O=C(NC=CNOCc1ccccc1O)c1ccc(C2=CC(c3cc(Cl)c(F)c(Cl)c3)(C(F)(F)F)ON2)c2ccccc12. The number of hydrogen-bond acceptors (Lipinski definition) is 6. The number of alkyl halides is 3. The van der Waals surface area contributed by atoms with Gasteiger partial charge in [0, 0.05) is 34.7 Å². The van der Waals surface area contributed by atoms with Crippen LogP contribution in [0.25, 0.3) is 16.5 Å². The highest BCUT2D eigenvalue weighted by Gasteiger charge is 2.60. The van der Waals surface area contributed by atoms with Gasteiger partial charge in [0.2, 0.25) is 5.60 Å². The molecule has 0 spiro atoms. The van der Waals surface area contributed by atoms with E-state index >= 15 is 0 Å². The van der Waals surface area contributed by atoms with Gasteiger partial charge in [-0.05, 0) is 41.1 Å². The van der Waals surface area contributed by atoms with Gasteiger partial charge in [-0.2, -0.15) is 13.2 Å². The van der Waals surface area contributed by atoms with Crippen LogP contribution in [-0.2, 0) is 21.9 Å². The molecule has 13 heteroatoms. The molecule has 1 atom stereocenters. The lowest BCUT2D eigenvalue weighted by Crippen LogP contribution is -2.42. The predicted molar refractivity (Wildman–Crippen MR) is 153 cm³/mol. The monoisotopic (exact) mass is 633 g/mol. The molecule has 4 N–H and O–H groups in total. The van der Waals surface area contributed by atoms with Crippen LogP contribution in [0.4, 0.5) is 17.6 Å². The van der Waals surface area contributed by atoms with Gasteiger partial charge in [-0.1, -0.05) is 71.7 Å². The van der Waals surface area contributed by atoms with Crippen LogP contribution < -0.4 is 16.3 Å². The zero-order chi connectivity index (χ0) is 30.8. The minimum Gasteiger partial charge on any atom is -0.508 e. The third-order valence-electron chi connectivity index (χ3n) is 6.63. The molecule has 1 aliphatic rings. The summed E-state index contributed by atoms with van der Waals surface area (Å²) in [5, 5.41) is 12.1. The van der Waals surface area contributed by atoms with Crippen LogP contribution >= 0.6 is 23.2 Å². The first-order valence-electron chi connectivity index (χ1n) is 12.5. The van der Waals surface area contributed by atoms with Crippen molar-refractivity contribution in [2.75, 3.05) is 0 Å². The average molecular weight is 634 g/mol. The molecule has 0 radical (unpaired) electrons. The molecular formula is C30H21Cl2F4N3O4. The second-order valence-corrected chi connectivity index (χ2v) is 10.1. The summed E-state index contributed by atoms with van der Waals surface area (Å²) in [5.41, 5.74) is 2.41. The Bertz CT molecular complexity index is 1740. The number of carbonyl (C=O) groups excluding carboxylic acids is 1. The number of phenols is 1. The van der Waals surface area contributed by atoms with Gasteiger partial charge < -0.3 is 10.4 Å². The summed E-state index contributed by atoms with van der Waals surface area (Å²) < 4.78 is 57.4. The number of carbonyl (C=O) groups is 1. The molecule has 0 bridgehead atoms. The third-order valence-corrected chi connectivity index (χ3v) is 7.18. The zero-order valence-corrected chi connectivity index (χ0v) is 23.3. The molecule has 1 unspecified atom stereocenters. The van der Waals surface area contributed by atoms with E-state index in [4.69, 9.17) is 32.9 Å². The van der Waals surface area contributed by atoms with Crippen molar-refractivity contribution in [3.8, 4) is 5.75 Å². The Labute approximate surface area is 252 Å². The molecule has 0 saturated carbocycles. The van der Waals surface area contributed by atoms with Crippen molar-refractivity contribution in [1.82, 2.24) is 16.3 Å². The van der Waals surface area contributed by atoms with E-state index in [1.165, 1.54) is 30.6 Å². The molecular weight excluding hydrogens is 613 g/mol. The van der Waals surface area contributed by atoms with Crippen molar-refractivity contribution in [1.29, 1.82) is 0 Å². The van der Waals surface area contributed by atoms with E-state index in [2.05, 4.69) is 16.3 Å². The van der Waals surface area contributed by atoms with E-state index < -0.39 is 39.1 Å². The number of halogens is 6. The summed E-state index contributed by atoms with van der Waals surface area (Å²) in [4.78, 5) is 23.3. The Kier molecular flexibility index (Phi) is 8.52. The minimum absolute atomic E-state index is 0.0391. The summed E-state index contributed by atoms with van der Waals surface area (Å²) in [6.07, 6.45) is -1.53. The number of hydroxylamine groups is 2. The van der Waals surface area contributed by atoms with Gasteiger partial charge >= 0.3 is 6.18 Å². The Morgan fingerprint density at radius 1 is 1.00 bits per heavy atom. The summed E-state index contributed by atoms with van der Waals surface area (Å²) in [5.74, 6) is -1.46. The maximum atomic E-state index is 14.5. The van der Waals surface area contributed by atoms with E-state index in [1.807, 2.05) is 0 Å². The van der Waals surface area contributed by atoms with Gasteiger partial charge in [0.25, 0.3) is 5.91 Å². The summed E-state index contributed by atoms with van der Waals surface area (Å²) in [6.45, 7) is 0.0710. The van der Waals surface area contributed by atoms with Gasteiger partial charge in [0.15, 0.2) is 5.82 Å². The number of nitrogens with one attached hydrogen (secondary N) is 3. The maximum absolute atomic E-state index is 14.5. The third kappa shape index (κ3) is 5.98. The molecule has 0 fully saturated rings. The fourth-order valence-corrected chi connectivity index (χ4v) is 4.99. The van der Waals surface area contributed by atoms with Crippen molar-refractivity contribution >= 4 is 45.6 Å². The molecule has 43 heavy (non-hydrogen) atoms. The molecule has 7 nitrogen and oxygen atoms in total. The second kappa shape index (κ2) is 12.1. The molecule has 0 aliphatic carbocycles. The largest absolute Gasteiger partial charge is 0.508 e. The lowest BCUT2D eigenvalue weighted by atomic mass is 9.90. The molecule has 4 aromatic rings. The maximum Gasteiger partial charge on any atom is 0.428 e. The van der Waals surface area contributed by atoms with Crippen LogP contribution in [0.1, 0.15) is 27.0 Å². The van der Waals surface area contributed by atoms with Crippen molar-refractivity contribution < 1.29 is 37.1 Å². The quantitative estimate of drug-likeness (QED) is 0.0707. The molecule has 1 aliphatic heterocycles. The highest BCUT2D eigenvalue weighted by atomic mass is 35.5. The number of phenolic OH excluding ortho intramolecular Hbond substituents is 1. The van der Waals surface area contributed by atoms with Crippen LogP contribution in [0.5, 0.6) is 5.75 Å². The number of benzene rings is 4. The Morgan fingerprint density at radius 2 is 1.67 bits per heavy atom. The van der Waals surface area contributed by atoms with Crippen molar-refractivity contribution in [3.05, 3.63) is 129 Å². The lowest BCUT2D eigenvalue weighted by Gasteiger charge is -2.28. The predicted octanol–water partition coefficient (Wildman–Crippen LogP) is 7.25. The number of hydrogen-bond donors (Lipinski definition) is 4. The lowest BCUT2D eigenvalue weighted by molar-refractivity contribution is -0.269. The van der Waals surface area contributed by atoms with E-state index in [9.17, 15) is 27.5 Å². The highest BCUT2D eigenvalue weighted by molar-refractivity contribution is 6.35. The summed E-state index contributed by atoms with van der Waals surface area (Å²) >= 11 is 11.6. The first-order valence-corrected chi connectivity index (χ1v) is 13.3. The topological polar surface area (TPSA) is 91.9 Å². The number of fused-ring (bicyclic) bond motifs is 1. The van der Waals surface area contributed by atoms with Crippen molar-refractivity contribution in [2.24, 2.45) is 0 Å². The van der Waals surface area contributed by atoms with Gasteiger partial charge in [-0.15, -0.1) is 0 Å². The molecule has 5 rings (SSSR count). The number of para-hydroxylation sites is 1. The van der Waals surface area contributed by atoms with E-state index in [-0.39, 0.29) is 23.6 Å². The Balaban J connectivity index is 1.39. The fourth-order valence-electron chi connectivity index (χ4n) is 4.51. The smallest absolute Gasteiger partial charge is 0.428 e. The number of rotatable bonds is 8. The molecule has 1 amide bonds. The Morgan fingerprint density at radius 3 is 2.37 bits per heavy atom. The van der Waals surface area contributed by atoms with Gasteiger partial charge in [-0.3, -0.25) is 25.4 Å². The van der Waals surface area contributed by atoms with E-state index in [1.54, 1.807) is 42.5 Å². The first kappa shape index (κ1) is 30.2. The van der Waals surface area contributed by atoms with Crippen LogP contribution in [0, 0.1) is 5.82 Å². The second-order valence-electron chi connectivity index (χ2n) is 9.30. The van der Waals surface area contributed by atoms with Gasteiger partial charge in [-0.25, -0.2) is 4.39 Å². The Hall–Kier alpha value is -4.29. The van der Waals surface area contributed by atoms with Crippen molar-refractivity contribution in [2.45, 2.75) is 18.4 Å². The van der Waals surface area contributed by atoms with Crippen LogP contribution in [-0.4, -0.2) is 17.2 Å². The van der Waals surface area contributed by atoms with Crippen molar-refractivity contribution in [3.63, 3.8) is 0 Å². The van der Waals surface area contributed by atoms with E-state index in [0.717, 1.165) is 18.2 Å². The molecule has 222 valence electrons. The summed E-state index contributed by atoms with van der Waals surface area (Å²) in [6, 6.07) is 17.9.